The van der Waals surface area contributed by atoms with E-state index < -0.39 is 0 Å². The van der Waals surface area contributed by atoms with Gasteiger partial charge in [-0.2, -0.15) is 0 Å². The lowest BCUT2D eigenvalue weighted by atomic mass is 10.1. The molecule has 1 aliphatic heterocycles. The van der Waals surface area contributed by atoms with Crippen LogP contribution >= 0.6 is 0 Å². The van der Waals surface area contributed by atoms with Crippen LogP contribution in [0.4, 0.5) is 0 Å². The first-order chi connectivity index (χ1) is 9.15. The molecule has 19 heavy (non-hydrogen) atoms. The minimum Gasteiger partial charge on any atom is -0.461 e. The summed E-state index contributed by atoms with van der Waals surface area (Å²) in [6.07, 6.45) is 1.89. The van der Waals surface area contributed by atoms with E-state index in [0.717, 1.165) is 12.8 Å². The van der Waals surface area contributed by atoms with Crippen molar-refractivity contribution in [2.24, 2.45) is 0 Å². The van der Waals surface area contributed by atoms with Gasteiger partial charge in [0, 0.05) is 26.3 Å². The highest BCUT2D eigenvalue weighted by Gasteiger charge is 2.27. The zero-order chi connectivity index (χ0) is 13.7. The monoisotopic (exact) mass is 261 g/mol. The van der Waals surface area contributed by atoms with Gasteiger partial charge in [-0.25, -0.2) is 0 Å². The SMILES string of the molecule is CC(=O)O[C@H]1CCN(C(=O)CCc2ccccc2)C1. The molecule has 0 N–H and O–H groups in total. The van der Waals surface area contributed by atoms with Crippen LogP contribution in [0.25, 0.3) is 0 Å². The molecule has 0 unspecified atom stereocenters. The van der Waals surface area contributed by atoms with Crippen molar-refractivity contribution in [3.8, 4) is 0 Å². The number of rotatable bonds is 4. The minimum absolute atomic E-state index is 0.127. The maximum Gasteiger partial charge on any atom is 0.302 e. The summed E-state index contributed by atoms with van der Waals surface area (Å²) in [6, 6.07) is 9.98. The summed E-state index contributed by atoms with van der Waals surface area (Å²) in [6.45, 7) is 2.62. The molecule has 0 spiro atoms. The number of amides is 1. The highest BCUT2D eigenvalue weighted by Crippen LogP contribution is 2.15. The van der Waals surface area contributed by atoms with Crippen LogP contribution in [-0.4, -0.2) is 36.0 Å². The molecule has 102 valence electrons. The molecule has 1 aromatic rings. The second kappa shape index (κ2) is 6.36. The van der Waals surface area contributed by atoms with Gasteiger partial charge < -0.3 is 9.64 Å². The first-order valence-corrected chi connectivity index (χ1v) is 6.64. The Kier molecular flexibility index (Phi) is 4.55. The van der Waals surface area contributed by atoms with Crippen molar-refractivity contribution in [3.05, 3.63) is 35.9 Å². The van der Waals surface area contributed by atoms with Crippen LogP contribution in [0.15, 0.2) is 30.3 Å². The zero-order valence-electron chi connectivity index (χ0n) is 11.2. The normalized spacial score (nSPS) is 18.4. The third-order valence-corrected chi connectivity index (χ3v) is 3.30. The van der Waals surface area contributed by atoms with E-state index in [1.54, 1.807) is 4.90 Å². The molecule has 1 aliphatic rings. The van der Waals surface area contributed by atoms with Gasteiger partial charge in [-0.1, -0.05) is 30.3 Å². The topological polar surface area (TPSA) is 46.6 Å². The Morgan fingerprint density at radius 3 is 2.74 bits per heavy atom. The Balaban J connectivity index is 1.77. The molecule has 1 heterocycles. The van der Waals surface area contributed by atoms with Crippen LogP contribution < -0.4 is 0 Å². The first kappa shape index (κ1) is 13.6. The van der Waals surface area contributed by atoms with Crippen LogP contribution in [0.5, 0.6) is 0 Å². The number of hydrogen-bond acceptors (Lipinski definition) is 3. The fraction of sp³-hybridized carbons (Fsp3) is 0.467. The standard InChI is InChI=1S/C15H19NO3/c1-12(17)19-14-9-10-16(11-14)15(18)8-7-13-5-3-2-4-6-13/h2-6,14H,7-11H2,1H3/t14-/m0/s1. The summed E-state index contributed by atoms with van der Waals surface area (Å²) in [5.74, 6) is -0.137. The van der Waals surface area contributed by atoms with Crippen molar-refractivity contribution >= 4 is 11.9 Å². The quantitative estimate of drug-likeness (QED) is 0.776. The maximum absolute atomic E-state index is 12.0. The van der Waals surface area contributed by atoms with Gasteiger partial charge in [0.1, 0.15) is 6.10 Å². The number of carbonyl (C=O) groups excluding carboxylic acids is 2. The van der Waals surface area contributed by atoms with Gasteiger partial charge in [0.25, 0.3) is 0 Å². The average molecular weight is 261 g/mol. The van der Waals surface area contributed by atoms with Gasteiger partial charge in [-0.3, -0.25) is 9.59 Å². The molecule has 0 radical (unpaired) electrons. The van der Waals surface area contributed by atoms with Gasteiger partial charge in [0.05, 0.1) is 6.54 Å². The maximum atomic E-state index is 12.0. The summed E-state index contributed by atoms with van der Waals surface area (Å²) < 4.78 is 5.12. The van der Waals surface area contributed by atoms with E-state index in [1.165, 1.54) is 12.5 Å². The molecule has 2 rings (SSSR count). The Morgan fingerprint density at radius 1 is 1.32 bits per heavy atom. The van der Waals surface area contributed by atoms with Crippen LogP contribution in [-0.2, 0) is 20.7 Å². The summed E-state index contributed by atoms with van der Waals surface area (Å²) in [7, 11) is 0. The third-order valence-electron chi connectivity index (χ3n) is 3.30. The van der Waals surface area contributed by atoms with Gasteiger partial charge in [0.2, 0.25) is 5.91 Å². The molecule has 1 amide bonds. The lowest BCUT2D eigenvalue weighted by Gasteiger charge is -2.16. The zero-order valence-corrected chi connectivity index (χ0v) is 11.2. The molecule has 4 nitrogen and oxygen atoms in total. The predicted molar refractivity (Wildman–Crippen MR) is 71.5 cm³/mol. The van der Waals surface area contributed by atoms with Crippen molar-refractivity contribution in [3.63, 3.8) is 0 Å². The van der Waals surface area contributed by atoms with Crippen LogP contribution in [0, 0.1) is 0 Å². The molecule has 1 fully saturated rings. The van der Waals surface area contributed by atoms with Crippen molar-refractivity contribution in [1.82, 2.24) is 4.90 Å². The van der Waals surface area contributed by atoms with Crippen LogP contribution in [0.1, 0.15) is 25.3 Å². The molecule has 1 aromatic carbocycles. The molecule has 1 saturated heterocycles. The third kappa shape index (κ3) is 4.09. The number of aryl methyl sites for hydroxylation is 1. The number of benzene rings is 1. The predicted octanol–water partition coefficient (Wildman–Crippen LogP) is 1.78. The van der Waals surface area contributed by atoms with Gasteiger partial charge in [-0.05, 0) is 12.0 Å². The lowest BCUT2D eigenvalue weighted by Crippen LogP contribution is -2.30. The Bertz CT molecular complexity index is 444. The number of likely N-dealkylation sites (tertiary alicyclic amines) is 1. The molecule has 4 heteroatoms. The van der Waals surface area contributed by atoms with Gasteiger partial charge >= 0.3 is 5.97 Å². The van der Waals surface area contributed by atoms with E-state index >= 15 is 0 Å². The van der Waals surface area contributed by atoms with E-state index in [9.17, 15) is 9.59 Å². The number of carbonyl (C=O) groups is 2. The van der Waals surface area contributed by atoms with Crippen molar-refractivity contribution in [1.29, 1.82) is 0 Å². The average Bonchev–Trinajstić information content (AvgIpc) is 2.85. The van der Waals surface area contributed by atoms with Gasteiger partial charge in [-0.15, -0.1) is 0 Å². The molecular weight excluding hydrogens is 242 g/mol. The van der Waals surface area contributed by atoms with Crippen molar-refractivity contribution < 1.29 is 14.3 Å². The van der Waals surface area contributed by atoms with Crippen molar-refractivity contribution in [2.45, 2.75) is 32.3 Å². The number of hydrogen-bond donors (Lipinski definition) is 0. The second-order valence-corrected chi connectivity index (χ2v) is 4.85. The second-order valence-electron chi connectivity index (χ2n) is 4.85. The van der Waals surface area contributed by atoms with E-state index in [1.807, 2.05) is 30.3 Å². The van der Waals surface area contributed by atoms with E-state index in [4.69, 9.17) is 4.74 Å². The highest BCUT2D eigenvalue weighted by atomic mass is 16.5. The Labute approximate surface area is 113 Å². The van der Waals surface area contributed by atoms with Crippen LogP contribution in [0.2, 0.25) is 0 Å². The highest BCUT2D eigenvalue weighted by molar-refractivity contribution is 5.77. The number of nitrogens with zero attached hydrogens (tertiary/aromatic N) is 1. The van der Waals surface area contributed by atoms with Crippen molar-refractivity contribution in [2.75, 3.05) is 13.1 Å². The van der Waals surface area contributed by atoms with Gasteiger partial charge in [0.15, 0.2) is 0 Å². The smallest absolute Gasteiger partial charge is 0.302 e. The molecule has 0 aromatic heterocycles. The molecule has 0 saturated carbocycles. The van der Waals surface area contributed by atoms with E-state index in [-0.39, 0.29) is 18.0 Å². The fourth-order valence-electron chi connectivity index (χ4n) is 2.34. The molecular formula is C15H19NO3. The number of ether oxygens (including phenoxy) is 1. The molecule has 1 atom stereocenters. The summed E-state index contributed by atoms with van der Waals surface area (Å²) in [5.41, 5.74) is 1.17. The fourth-order valence-corrected chi connectivity index (χ4v) is 2.34. The molecule has 0 aliphatic carbocycles. The molecule has 0 bridgehead atoms. The summed E-state index contributed by atoms with van der Waals surface area (Å²) in [4.78, 5) is 24.7. The lowest BCUT2D eigenvalue weighted by molar-refractivity contribution is -0.146. The Morgan fingerprint density at radius 2 is 2.05 bits per heavy atom. The van der Waals surface area contributed by atoms with E-state index in [2.05, 4.69) is 0 Å². The minimum atomic E-state index is -0.274. The largest absolute Gasteiger partial charge is 0.461 e. The first-order valence-electron chi connectivity index (χ1n) is 6.64. The van der Waals surface area contributed by atoms with Crippen LogP contribution in [0.3, 0.4) is 0 Å². The Hall–Kier alpha value is -1.84. The summed E-state index contributed by atoms with van der Waals surface area (Å²) >= 11 is 0. The summed E-state index contributed by atoms with van der Waals surface area (Å²) in [5, 5.41) is 0. The number of esters is 1. The van der Waals surface area contributed by atoms with E-state index in [0.29, 0.717) is 19.5 Å².